The van der Waals surface area contributed by atoms with Crippen molar-refractivity contribution < 1.29 is 14.0 Å². The number of benzene rings is 1. The monoisotopic (exact) mass is 305 g/mol. The number of anilines is 2. The van der Waals surface area contributed by atoms with Crippen LogP contribution in [0.4, 0.5) is 15.8 Å². The highest BCUT2D eigenvalue weighted by Gasteiger charge is 2.35. The van der Waals surface area contributed by atoms with Gasteiger partial charge in [-0.2, -0.15) is 0 Å². The molecule has 5 nitrogen and oxygen atoms in total. The third-order valence-electron chi connectivity index (χ3n) is 4.53. The predicted octanol–water partition coefficient (Wildman–Crippen LogP) is 2.31. The van der Waals surface area contributed by atoms with E-state index in [0.29, 0.717) is 31.4 Å². The van der Waals surface area contributed by atoms with E-state index < -0.39 is 11.4 Å². The molecule has 1 aliphatic heterocycles. The van der Waals surface area contributed by atoms with Gasteiger partial charge in [0, 0.05) is 12.1 Å². The number of aryl methyl sites for hydroxylation is 1. The summed E-state index contributed by atoms with van der Waals surface area (Å²) in [5.74, 6) is -0.949. The summed E-state index contributed by atoms with van der Waals surface area (Å²) in [5.41, 5.74) is 6.60. The number of hydrogen-bond acceptors (Lipinski definition) is 3. The topological polar surface area (TPSA) is 84.2 Å². The van der Waals surface area contributed by atoms with Crippen LogP contribution in [0.15, 0.2) is 12.1 Å². The number of carbonyl (C=O) groups is 2. The molecule has 1 aliphatic carbocycles. The average molecular weight is 305 g/mol. The lowest BCUT2D eigenvalue weighted by Crippen LogP contribution is -2.52. The maximum atomic E-state index is 14.2. The second-order valence-corrected chi connectivity index (χ2v) is 6.21. The number of rotatable bonds is 2. The Kier molecular flexibility index (Phi) is 3.87. The maximum absolute atomic E-state index is 14.2. The summed E-state index contributed by atoms with van der Waals surface area (Å²) in [6.07, 6.45) is 4.98. The fourth-order valence-corrected chi connectivity index (χ4v) is 3.15. The van der Waals surface area contributed by atoms with Gasteiger partial charge in [0.15, 0.2) is 0 Å². The molecule has 1 heterocycles. The van der Waals surface area contributed by atoms with Gasteiger partial charge in [-0.1, -0.05) is 19.3 Å². The lowest BCUT2D eigenvalue weighted by atomic mass is 9.82. The second kappa shape index (κ2) is 5.68. The molecule has 1 saturated carbocycles. The van der Waals surface area contributed by atoms with Crippen LogP contribution in [0.1, 0.15) is 44.1 Å². The molecule has 118 valence electrons. The molecule has 1 aromatic rings. The first-order valence-electron chi connectivity index (χ1n) is 7.70. The molecule has 0 spiro atoms. The Bertz CT molecular complexity index is 624. The average Bonchev–Trinajstić information content (AvgIpc) is 2.49. The first kappa shape index (κ1) is 15.0. The van der Waals surface area contributed by atoms with Gasteiger partial charge in [0.1, 0.15) is 5.82 Å². The van der Waals surface area contributed by atoms with Crippen LogP contribution >= 0.6 is 0 Å². The quantitative estimate of drug-likeness (QED) is 0.784. The van der Waals surface area contributed by atoms with Gasteiger partial charge in [0.2, 0.25) is 11.8 Å². The van der Waals surface area contributed by atoms with Gasteiger partial charge in [-0.3, -0.25) is 9.59 Å². The molecule has 0 aromatic heterocycles. The van der Waals surface area contributed by atoms with E-state index in [1.807, 2.05) is 0 Å². The highest BCUT2D eigenvalue weighted by Crippen LogP contribution is 2.31. The number of amides is 2. The summed E-state index contributed by atoms with van der Waals surface area (Å²) >= 11 is 0. The van der Waals surface area contributed by atoms with Crippen molar-refractivity contribution in [2.24, 2.45) is 5.73 Å². The van der Waals surface area contributed by atoms with Crippen molar-refractivity contribution in [3.63, 3.8) is 0 Å². The van der Waals surface area contributed by atoms with Crippen LogP contribution in [-0.4, -0.2) is 17.4 Å². The number of halogens is 1. The van der Waals surface area contributed by atoms with Crippen molar-refractivity contribution in [3.05, 3.63) is 23.5 Å². The SMILES string of the molecule is NC1(C(=O)Nc2cc3c(cc2F)CCC(=O)N3)CCCCC1. The van der Waals surface area contributed by atoms with Gasteiger partial charge in [-0.05, 0) is 37.0 Å². The van der Waals surface area contributed by atoms with Crippen LogP contribution < -0.4 is 16.4 Å². The van der Waals surface area contributed by atoms with Crippen molar-refractivity contribution in [3.8, 4) is 0 Å². The lowest BCUT2D eigenvalue weighted by molar-refractivity contribution is -0.122. The molecular weight excluding hydrogens is 285 g/mol. The number of nitrogens with two attached hydrogens (primary N) is 1. The van der Waals surface area contributed by atoms with Crippen LogP contribution in [0.25, 0.3) is 0 Å². The van der Waals surface area contributed by atoms with Crippen molar-refractivity contribution >= 4 is 23.2 Å². The molecule has 0 radical (unpaired) electrons. The molecule has 0 bridgehead atoms. The number of nitrogens with one attached hydrogen (secondary N) is 2. The second-order valence-electron chi connectivity index (χ2n) is 6.21. The summed E-state index contributed by atoms with van der Waals surface area (Å²) in [4.78, 5) is 23.8. The number of fused-ring (bicyclic) bond motifs is 1. The number of hydrogen-bond donors (Lipinski definition) is 3. The van der Waals surface area contributed by atoms with Crippen molar-refractivity contribution in [2.75, 3.05) is 10.6 Å². The number of carbonyl (C=O) groups excluding carboxylic acids is 2. The van der Waals surface area contributed by atoms with Crippen molar-refractivity contribution in [2.45, 2.75) is 50.5 Å². The fourth-order valence-electron chi connectivity index (χ4n) is 3.15. The predicted molar refractivity (Wildman–Crippen MR) is 82.0 cm³/mol. The van der Waals surface area contributed by atoms with E-state index in [9.17, 15) is 14.0 Å². The minimum absolute atomic E-state index is 0.0707. The lowest BCUT2D eigenvalue weighted by Gasteiger charge is -2.32. The van der Waals surface area contributed by atoms with Gasteiger partial charge < -0.3 is 16.4 Å². The van der Waals surface area contributed by atoms with E-state index in [2.05, 4.69) is 10.6 Å². The first-order chi connectivity index (χ1) is 10.5. The van der Waals surface area contributed by atoms with Crippen molar-refractivity contribution in [1.82, 2.24) is 0 Å². The molecule has 3 rings (SSSR count). The minimum atomic E-state index is -0.927. The maximum Gasteiger partial charge on any atom is 0.244 e. The first-order valence-corrected chi connectivity index (χ1v) is 7.70. The van der Waals surface area contributed by atoms with E-state index in [1.54, 1.807) is 0 Å². The zero-order valence-electron chi connectivity index (χ0n) is 12.4. The molecule has 1 aromatic carbocycles. The van der Waals surface area contributed by atoms with Gasteiger partial charge in [0.05, 0.1) is 11.2 Å². The Hall–Kier alpha value is -1.95. The van der Waals surface area contributed by atoms with Crippen LogP contribution in [0.3, 0.4) is 0 Å². The third kappa shape index (κ3) is 2.83. The Morgan fingerprint density at radius 1 is 1.23 bits per heavy atom. The summed E-state index contributed by atoms with van der Waals surface area (Å²) in [7, 11) is 0. The smallest absolute Gasteiger partial charge is 0.244 e. The van der Waals surface area contributed by atoms with Crippen LogP contribution in [-0.2, 0) is 16.0 Å². The van der Waals surface area contributed by atoms with Gasteiger partial charge >= 0.3 is 0 Å². The van der Waals surface area contributed by atoms with E-state index in [0.717, 1.165) is 24.8 Å². The zero-order chi connectivity index (χ0) is 15.7. The zero-order valence-corrected chi connectivity index (χ0v) is 12.4. The van der Waals surface area contributed by atoms with Gasteiger partial charge in [0.25, 0.3) is 0 Å². The normalized spacial score (nSPS) is 20.0. The van der Waals surface area contributed by atoms with Crippen LogP contribution in [0, 0.1) is 5.82 Å². The molecule has 2 amide bonds. The Labute approximate surface area is 128 Å². The largest absolute Gasteiger partial charge is 0.326 e. The highest BCUT2D eigenvalue weighted by molar-refractivity contribution is 6.00. The molecule has 2 aliphatic rings. The molecule has 6 heteroatoms. The molecule has 0 atom stereocenters. The van der Waals surface area contributed by atoms with E-state index >= 15 is 0 Å². The molecular formula is C16H20FN3O2. The van der Waals surface area contributed by atoms with Gasteiger partial charge in [-0.15, -0.1) is 0 Å². The minimum Gasteiger partial charge on any atom is -0.326 e. The molecule has 1 fully saturated rings. The van der Waals surface area contributed by atoms with Crippen molar-refractivity contribution in [1.29, 1.82) is 0 Å². The highest BCUT2D eigenvalue weighted by atomic mass is 19.1. The summed E-state index contributed by atoms with van der Waals surface area (Å²) in [5, 5.41) is 5.30. The van der Waals surface area contributed by atoms with Gasteiger partial charge in [-0.25, -0.2) is 4.39 Å². The van der Waals surface area contributed by atoms with Crippen LogP contribution in [0.2, 0.25) is 0 Å². The summed E-state index contributed by atoms with van der Waals surface area (Å²) in [6.45, 7) is 0. The summed E-state index contributed by atoms with van der Waals surface area (Å²) in [6, 6.07) is 2.85. The summed E-state index contributed by atoms with van der Waals surface area (Å²) < 4.78 is 14.2. The van der Waals surface area contributed by atoms with E-state index in [4.69, 9.17) is 5.73 Å². The Balaban J connectivity index is 1.81. The standard InChI is InChI=1S/C16H20FN3O2/c17-11-8-10-4-5-14(21)19-12(10)9-13(11)20-15(22)16(18)6-2-1-3-7-16/h8-9H,1-7,18H2,(H,19,21)(H,20,22). The molecule has 22 heavy (non-hydrogen) atoms. The third-order valence-corrected chi connectivity index (χ3v) is 4.53. The Morgan fingerprint density at radius 2 is 1.95 bits per heavy atom. The molecule has 0 unspecified atom stereocenters. The van der Waals surface area contributed by atoms with E-state index in [-0.39, 0.29) is 17.5 Å². The molecule has 0 saturated heterocycles. The molecule has 4 N–H and O–H groups in total. The Morgan fingerprint density at radius 3 is 2.68 bits per heavy atom. The van der Waals surface area contributed by atoms with E-state index in [1.165, 1.54) is 12.1 Å². The van der Waals surface area contributed by atoms with Crippen LogP contribution in [0.5, 0.6) is 0 Å². The fraction of sp³-hybridized carbons (Fsp3) is 0.500.